The van der Waals surface area contributed by atoms with E-state index in [1.165, 1.54) is 0 Å². The zero-order valence-electron chi connectivity index (χ0n) is 7.57. The van der Waals surface area contributed by atoms with Gasteiger partial charge in [0, 0.05) is 5.88 Å². The molecule has 0 fully saturated rings. The van der Waals surface area contributed by atoms with Crippen molar-refractivity contribution in [3.05, 3.63) is 33.5 Å². The Morgan fingerprint density at radius 1 is 1.46 bits per heavy atom. The van der Waals surface area contributed by atoms with E-state index in [-0.39, 0.29) is 11.7 Å². The number of rotatable bonds is 2. The molecule has 0 bridgehead atoms. The smallest absolute Gasteiger partial charge is 0.140 e. The van der Waals surface area contributed by atoms with Gasteiger partial charge in [0.2, 0.25) is 0 Å². The summed E-state index contributed by atoms with van der Waals surface area (Å²) < 4.78 is 14.0. The Balaban J connectivity index is 3.25. The molecule has 13 heavy (non-hydrogen) atoms. The van der Waals surface area contributed by atoms with E-state index in [9.17, 15) is 4.39 Å². The quantitative estimate of drug-likeness (QED) is 0.693. The Labute approximate surface area is 91.2 Å². The van der Waals surface area contributed by atoms with Gasteiger partial charge in [-0.15, -0.1) is 11.6 Å². The lowest BCUT2D eigenvalue weighted by Gasteiger charge is -2.10. The van der Waals surface area contributed by atoms with Crippen molar-refractivity contribution >= 4 is 27.5 Å². The van der Waals surface area contributed by atoms with E-state index in [2.05, 4.69) is 15.9 Å². The monoisotopic (exact) mass is 264 g/mol. The molecule has 0 N–H and O–H groups in total. The molecule has 0 spiro atoms. The minimum atomic E-state index is -0.177. The molecule has 72 valence electrons. The summed E-state index contributed by atoms with van der Waals surface area (Å²) in [7, 11) is 0. The predicted molar refractivity (Wildman–Crippen MR) is 57.7 cm³/mol. The van der Waals surface area contributed by atoms with Crippen LogP contribution < -0.4 is 0 Å². The highest BCUT2D eigenvalue weighted by atomic mass is 79.9. The first-order chi connectivity index (χ1) is 6.06. The molecule has 1 aromatic carbocycles. The molecule has 3 heteroatoms. The van der Waals surface area contributed by atoms with Crippen molar-refractivity contribution in [2.45, 2.75) is 25.6 Å². The summed E-state index contributed by atoms with van der Waals surface area (Å²) in [5, 5.41) is 0. The van der Waals surface area contributed by atoms with E-state index < -0.39 is 0 Å². The third-order valence-corrected chi connectivity index (χ3v) is 2.78. The van der Waals surface area contributed by atoms with E-state index in [4.69, 9.17) is 11.6 Å². The fourth-order valence-electron chi connectivity index (χ4n) is 1.17. The minimum absolute atomic E-state index is 0.177. The fraction of sp³-hybridized carbons (Fsp3) is 0.400. The van der Waals surface area contributed by atoms with Gasteiger partial charge < -0.3 is 0 Å². The van der Waals surface area contributed by atoms with Crippen LogP contribution in [-0.2, 0) is 5.88 Å². The van der Waals surface area contributed by atoms with Crippen molar-refractivity contribution in [2.24, 2.45) is 0 Å². The average Bonchev–Trinajstić information content (AvgIpc) is 2.09. The maximum Gasteiger partial charge on any atom is 0.140 e. The Kier molecular flexibility index (Phi) is 3.74. The van der Waals surface area contributed by atoms with Crippen molar-refractivity contribution in [3.8, 4) is 0 Å². The molecule has 0 aliphatic rings. The molecule has 0 saturated heterocycles. The molecule has 0 aromatic heterocycles. The Hall–Kier alpha value is -0.0800. The fourth-order valence-corrected chi connectivity index (χ4v) is 1.84. The second kappa shape index (κ2) is 4.43. The van der Waals surface area contributed by atoms with Crippen molar-refractivity contribution in [1.29, 1.82) is 0 Å². The first-order valence-electron chi connectivity index (χ1n) is 4.10. The van der Waals surface area contributed by atoms with Gasteiger partial charge in [-0.05, 0) is 39.0 Å². The second-order valence-electron chi connectivity index (χ2n) is 3.27. The summed E-state index contributed by atoms with van der Waals surface area (Å²) >= 11 is 8.86. The maximum absolute atomic E-state index is 13.5. The SMILES string of the molecule is CC(C)c1cc(CCl)cc(Br)c1F. The summed E-state index contributed by atoms with van der Waals surface area (Å²) in [5.74, 6) is 0.418. The largest absolute Gasteiger partial charge is 0.205 e. The van der Waals surface area contributed by atoms with Crippen LogP contribution in [0.2, 0.25) is 0 Å². The number of hydrogen-bond acceptors (Lipinski definition) is 0. The second-order valence-corrected chi connectivity index (χ2v) is 4.39. The lowest BCUT2D eigenvalue weighted by molar-refractivity contribution is 0.591. The maximum atomic E-state index is 13.5. The number of halogens is 3. The highest BCUT2D eigenvalue weighted by Gasteiger charge is 2.11. The lowest BCUT2D eigenvalue weighted by Crippen LogP contribution is -1.96. The van der Waals surface area contributed by atoms with Crippen LogP contribution in [0.15, 0.2) is 16.6 Å². The summed E-state index contributed by atoms with van der Waals surface area (Å²) in [5.41, 5.74) is 1.66. The Bertz CT molecular complexity index is 310. The van der Waals surface area contributed by atoms with Crippen molar-refractivity contribution in [1.82, 2.24) is 0 Å². The van der Waals surface area contributed by atoms with Crippen molar-refractivity contribution in [3.63, 3.8) is 0 Å². The standard InChI is InChI=1S/C10H11BrClF/c1-6(2)8-3-7(5-12)4-9(11)10(8)13/h3-4,6H,5H2,1-2H3. The molecule has 0 aliphatic carbocycles. The van der Waals surface area contributed by atoms with Gasteiger partial charge in [-0.1, -0.05) is 19.9 Å². The van der Waals surface area contributed by atoms with Crippen LogP contribution in [-0.4, -0.2) is 0 Å². The molecule has 1 rings (SSSR count). The van der Waals surface area contributed by atoms with E-state index in [1.54, 1.807) is 6.07 Å². The van der Waals surface area contributed by atoms with Crippen LogP contribution in [0.1, 0.15) is 30.9 Å². The molecule has 1 aromatic rings. The molecule has 0 saturated carbocycles. The molecular formula is C10H11BrClF. The van der Waals surface area contributed by atoms with Crippen LogP contribution in [0.3, 0.4) is 0 Å². The van der Waals surface area contributed by atoms with E-state index in [1.807, 2.05) is 19.9 Å². The van der Waals surface area contributed by atoms with Crippen molar-refractivity contribution in [2.75, 3.05) is 0 Å². The first-order valence-corrected chi connectivity index (χ1v) is 5.42. The summed E-state index contributed by atoms with van der Waals surface area (Å²) in [6.45, 7) is 3.92. The molecule has 0 amide bonds. The molecular weight excluding hydrogens is 254 g/mol. The highest BCUT2D eigenvalue weighted by Crippen LogP contribution is 2.27. The van der Waals surface area contributed by atoms with E-state index in [0.717, 1.165) is 5.56 Å². The van der Waals surface area contributed by atoms with Gasteiger partial charge in [0.05, 0.1) is 4.47 Å². The predicted octanol–water partition coefficient (Wildman–Crippen LogP) is 4.45. The molecule has 0 radical (unpaired) electrons. The van der Waals surface area contributed by atoms with Crippen LogP contribution in [0.5, 0.6) is 0 Å². The zero-order valence-corrected chi connectivity index (χ0v) is 9.91. The summed E-state index contributed by atoms with van der Waals surface area (Å²) in [6.07, 6.45) is 0. The molecule has 0 aliphatic heterocycles. The molecule has 0 atom stereocenters. The zero-order chi connectivity index (χ0) is 10.0. The summed E-state index contributed by atoms with van der Waals surface area (Å²) in [6, 6.07) is 3.53. The van der Waals surface area contributed by atoms with Gasteiger partial charge in [0.15, 0.2) is 0 Å². The van der Waals surface area contributed by atoms with Gasteiger partial charge in [-0.3, -0.25) is 0 Å². The first kappa shape index (κ1) is 11.0. The van der Waals surface area contributed by atoms with Gasteiger partial charge >= 0.3 is 0 Å². The minimum Gasteiger partial charge on any atom is -0.205 e. The van der Waals surface area contributed by atoms with Crippen LogP contribution in [0.4, 0.5) is 4.39 Å². The summed E-state index contributed by atoms with van der Waals surface area (Å²) in [4.78, 5) is 0. The third kappa shape index (κ3) is 2.44. The third-order valence-electron chi connectivity index (χ3n) is 1.89. The van der Waals surface area contributed by atoms with Gasteiger partial charge in [-0.25, -0.2) is 4.39 Å². The number of hydrogen-bond donors (Lipinski definition) is 0. The van der Waals surface area contributed by atoms with Crippen LogP contribution in [0.25, 0.3) is 0 Å². The van der Waals surface area contributed by atoms with Gasteiger partial charge in [0.1, 0.15) is 5.82 Å². The average molecular weight is 266 g/mol. The number of alkyl halides is 1. The van der Waals surface area contributed by atoms with E-state index >= 15 is 0 Å². The van der Waals surface area contributed by atoms with Gasteiger partial charge in [0.25, 0.3) is 0 Å². The van der Waals surface area contributed by atoms with Crippen molar-refractivity contribution < 1.29 is 4.39 Å². The van der Waals surface area contributed by atoms with Crippen LogP contribution in [0, 0.1) is 5.82 Å². The molecule has 0 unspecified atom stereocenters. The van der Waals surface area contributed by atoms with Gasteiger partial charge in [-0.2, -0.15) is 0 Å². The lowest BCUT2D eigenvalue weighted by atomic mass is 10.0. The topological polar surface area (TPSA) is 0 Å². The Morgan fingerprint density at radius 2 is 2.08 bits per heavy atom. The van der Waals surface area contributed by atoms with Crippen LogP contribution >= 0.6 is 27.5 Å². The highest BCUT2D eigenvalue weighted by molar-refractivity contribution is 9.10. The van der Waals surface area contributed by atoms with E-state index in [0.29, 0.717) is 15.9 Å². The number of benzene rings is 1. The molecule has 0 nitrogen and oxygen atoms in total. The normalized spacial score (nSPS) is 10.9. The Morgan fingerprint density at radius 3 is 2.54 bits per heavy atom. The molecule has 0 heterocycles.